The maximum Gasteiger partial charge on any atom is 0.311 e. The Hall–Kier alpha value is -2.69. The van der Waals surface area contributed by atoms with Gasteiger partial charge in [-0.05, 0) is 12.1 Å². The molecule has 1 N–H and O–H groups in total. The van der Waals surface area contributed by atoms with Crippen molar-refractivity contribution in [1.82, 2.24) is 9.55 Å². The number of pyridine rings is 1. The van der Waals surface area contributed by atoms with Crippen molar-refractivity contribution < 1.29 is 14.5 Å². The van der Waals surface area contributed by atoms with Crippen molar-refractivity contribution in [1.29, 1.82) is 0 Å². The molecule has 0 radical (unpaired) electrons. The third-order valence-electron chi connectivity index (χ3n) is 4.13. The molecule has 3 rings (SSSR count). The van der Waals surface area contributed by atoms with Gasteiger partial charge < -0.3 is 5.11 Å². The molecule has 120 valence electrons. The standard InChI is InChI=1S/C9H14N2O2.C9H7N/c1-6-8(5-9(12)13)11(4)7(2)10(6)3;1-2-6-9-8(4-1)5-3-7-10-9/h5H2,1-4H3;1-7H/p+1. The molecular formula is C18H22N3O2+. The van der Waals surface area contributed by atoms with Crippen LogP contribution < -0.4 is 4.57 Å². The van der Waals surface area contributed by atoms with E-state index in [9.17, 15) is 4.79 Å². The summed E-state index contributed by atoms with van der Waals surface area (Å²) in [5.41, 5.74) is 2.94. The zero-order valence-electron chi connectivity index (χ0n) is 13.9. The highest BCUT2D eigenvalue weighted by atomic mass is 16.4. The maximum atomic E-state index is 10.6. The topological polar surface area (TPSA) is 59.0 Å². The summed E-state index contributed by atoms with van der Waals surface area (Å²) in [7, 11) is 3.83. The number of carboxylic acid groups (broad SMARTS) is 1. The number of carboxylic acids is 1. The summed E-state index contributed by atoms with van der Waals surface area (Å²) in [4.78, 5) is 14.8. The largest absolute Gasteiger partial charge is 0.481 e. The van der Waals surface area contributed by atoms with Gasteiger partial charge in [-0.15, -0.1) is 0 Å². The predicted octanol–water partition coefficient (Wildman–Crippen LogP) is 2.33. The zero-order valence-corrected chi connectivity index (χ0v) is 13.9. The predicted molar refractivity (Wildman–Crippen MR) is 89.1 cm³/mol. The second-order valence-corrected chi connectivity index (χ2v) is 5.46. The first-order valence-corrected chi connectivity index (χ1v) is 7.44. The van der Waals surface area contributed by atoms with E-state index in [1.165, 1.54) is 5.39 Å². The Labute approximate surface area is 135 Å². The number of hydrogen-bond acceptors (Lipinski definition) is 2. The number of benzene rings is 1. The van der Waals surface area contributed by atoms with Crippen LogP contribution in [0.5, 0.6) is 0 Å². The minimum atomic E-state index is -0.788. The van der Waals surface area contributed by atoms with Crippen molar-refractivity contribution in [2.45, 2.75) is 20.3 Å². The normalized spacial score (nSPS) is 10.3. The van der Waals surface area contributed by atoms with Crippen LogP contribution in [0.25, 0.3) is 10.9 Å². The van der Waals surface area contributed by atoms with Crippen molar-refractivity contribution in [3.05, 3.63) is 59.8 Å². The zero-order chi connectivity index (χ0) is 17.0. The molecule has 2 aromatic heterocycles. The summed E-state index contributed by atoms with van der Waals surface area (Å²) in [6, 6.07) is 12.1. The lowest BCUT2D eigenvalue weighted by Crippen LogP contribution is -2.35. The number of nitrogens with zero attached hydrogens (tertiary/aromatic N) is 3. The minimum absolute atomic E-state index is 0.0873. The van der Waals surface area contributed by atoms with Crippen LogP contribution in [0.15, 0.2) is 42.6 Å². The van der Waals surface area contributed by atoms with Crippen LogP contribution in [0.2, 0.25) is 0 Å². The number of hydrogen-bond donors (Lipinski definition) is 1. The fraction of sp³-hybridized carbons (Fsp3) is 0.278. The SMILES string of the molecule is Cc1c(CC(=O)O)[n+](C)c(C)n1C.c1ccc2ncccc2c1. The van der Waals surface area contributed by atoms with Crippen LogP contribution in [0.1, 0.15) is 17.2 Å². The molecule has 0 aliphatic carbocycles. The lowest BCUT2D eigenvalue weighted by molar-refractivity contribution is -0.684. The third-order valence-corrected chi connectivity index (χ3v) is 4.13. The molecule has 0 unspecified atom stereocenters. The molecule has 1 aromatic carbocycles. The van der Waals surface area contributed by atoms with E-state index in [-0.39, 0.29) is 6.42 Å². The van der Waals surface area contributed by atoms with Gasteiger partial charge in [-0.3, -0.25) is 9.78 Å². The van der Waals surface area contributed by atoms with E-state index >= 15 is 0 Å². The van der Waals surface area contributed by atoms with Gasteiger partial charge in [0.2, 0.25) is 0 Å². The number of aromatic nitrogens is 3. The first-order chi connectivity index (χ1) is 10.9. The summed E-state index contributed by atoms with van der Waals surface area (Å²) in [6.07, 6.45) is 1.90. The Morgan fingerprint density at radius 2 is 1.87 bits per heavy atom. The molecule has 0 saturated carbocycles. The molecule has 3 aromatic rings. The van der Waals surface area contributed by atoms with E-state index in [4.69, 9.17) is 5.11 Å². The van der Waals surface area contributed by atoms with Gasteiger partial charge in [0, 0.05) is 25.4 Å². The lowest BCUT2D eigenvalue weighted by Gasteiger charge is -1.92. The lowest BCUT2D eigenvalue weighted by atomic mass is 10.2. The summed E-state index contributed by atoms with van der Waals surface area (Å²) in [5, 5.41) is 9.89. The van der Waals surface area contributed by atoms with E-state index in [1.807, 2.05) is 67.5 Å². The average Bonchev–Trinajstić information content (AvgIpc) is 2.73. The molecule has 0 aliphatic rings. The van der Waals surface area contributed by atoms with Gasteiger partial charge >= 0.3 is 5.97 Å². The second-order valence-electron chi connectivity index (χ2n) is 5.46. The Morgan fingerprint density at radius 3 is 2.43 bits per heavy atom. The summed E-state index contributed by atoms with van der Waals surface area (Å²) in [6.45, 7) is 3.91. The minimum Gasteiger partial charge on any atom is -0.481 e. The van der Waals surface area contributed by atoms with Crippen LogP contribution in [0.4, 0.5) is 0 Å². The van der Waals surface area contributed by atoms with E-state index < -0.39 is 5.97 Å². The highest BCUT2D eigenvalue weighted by Gasteiger charge is 2.21. The fourth-order valence-corrected chi connectivity index (χ4v) is 2.51. The van der Waals surface area contributed by atoms with Crippen LogP contribution in [-0.2, 0) is 25.3 Å². The second kappa shape index (κ2) is 7.05. The Kier molecular flexibility index (Phi) is 5.11. The monoisotopic (exact) mass is 312 g/mol. The molecule has 5 heteroatoms. The number of aliphatic carboxylic acids is 1. The molecule has 0 spiro atoms. The van der Waals surface area contributed by atoms with Crippen molar-refractivity contribution in [3.8, 4) is 0 Å². The molecule has 23 heavy (non-hydrogen) atoms. The van der Waals surface area contributed by atoms with Crippen LogP contribution in [0.3, 0.4) is 0 Å². The number of fused-ring (bicyclic) bond motifs is 1. The maximum absolute atomic E-state index is 10.6. The van der Waals surface area contributed by atoms with Gasteiger partial charge in [0.1, 0.15) is 12.1 Å². The smallest absolute Gasteiger partial charge is 0.311 e. The quantitative estimate of drug-likeness (QED) is 0.739. The third kappa shape index (κ3) is 3.74. The van der Waals surface area contributed by atoms with Gasteiger partial charge in [0.25, 0.3) is 5.82 Å². The number of imidazole rings is 1. The van der Waals surface area contributed by atoms with Crippen LogP contribution in [-0.4, -0.2) is 20.6 Å². The highest BCUT2D eigenvalue weighted by Crippen LogP contribution is 2.08. The molecule has 0 aliphatic heterocycles. The fourth-order valence-electron chi connectivity index (χ4n) is 2.51. The molecule has 0 amide bonds. The summed E-state index contributed by atoms with van der Waals surface area (Å²) < 4.78 is 3.92. The summed E-state index contributed by atoms with van der Waals surface area (Å²) >= 11 is 0. The van der Waals surface area contributed by atoms with E-state index in [1.54, 1.807) is 0 Å². The molecular weight excluding hydrogens is 290 g/mol. The average molecular weight is 312 g/mol. The van der Waals surface area contributed by atoms with Crippen molar-refractivity contribution in [2.75, 3.05) is 0 Å². The molecule has 2 heterocycles. The van der Waals surface area contributed by atoms with E-state index in [0.29, 0.717) is 0 Å². The van der Waals surface area contributed by atoms with Crippen LogP contribution >= 0.6 is 0 Å². The number of para-hydroxylation sites is 1. The van der Waals surface area contributed by atoms with E-state index in [0.717, 1.165) is 22.7 Å². The van der Waals surface area contributed by atoms with Gasteiger partial charge in [-0.1, -0.05) is 24.3 Å². The Bertz CT molecular complexity index is 747. The molecule has 0 bridgehead atoms. The molecule has 0 saturated heterocycles. The highest BCUT2D eigenvalue weighted by molar-refractivity contribution is 5.77. The van der Waals surface area contributed by atoms with Gasteiger partial charge in [0.05, 0.1) is 19.6 Å². The number of carbonyl (C=O) groups is 1. The molecule has 0 atom stereocenters. The Balaban J connectivity index is 0.000000172. The first-order valence-electron chi connectivity index (χ1n) is 7.44. The Morgan fingerprint density at radius 1 is 1.22 bits per heavy atom. The van der Waals surface area contributed by atoms with Crippen molar-refractivity contribution in [3.63, 3.8) is 0 Å². The van der Waals surface area contributed by atoms with E-state index in [2.05, 4.69) is 17.1 Å². The van der Waals surface area contributed by atoms with Gasteiger partial charge in [-0.2, -0.15) is 0 Å². The van der Waals surface area contributed by atoms with Crippen molar-refractivity contribution >= 4 is 16.9 Å². The first kappa shape index (κ1) is 16.7. The van der Waals surface area contributed by atoms with Gasteiger partial charge in [-0.25, -0.2) is 9.13 Å². The number of rotatable bonds is 2. The molecule has 0 fully saturated rings. The van der Waals surface area contributed by atoms with Crippen molar-refractivity contribution in [2.24, 2.45) is 14.1 Å². The van der Waals surface area contributed by atoms with Gasteiger partial charge in [0.15, 0.2) is 5.69 Å². The molecule has 5 nitrogen and oxygen atoms in total. The summed E-state index contributed by atoms with van der Waals surface area (Å²) in [5.74, 6) is 0.276. The van der Waals surface area contributed by atoms with Crippen LogP contribution in [0, 0.1) is 13.8 Å².